The van der Waals surface area contributed by atoms with Gasteiger partial charge in [-0.25, -0.2) is 0 Å². The molecule has 0 spiro atoms. The van der Waals surface area contributed by atoms with Crippen molar-refractivity contribution in [3.05, 3.63) is 11.6 Å². The molecule has 2 heterocycles. The summed E-state index contributed by atoms with van der Waals surface area (Å²) in [7, 11) is 0. The van der Waals surface area contributed by atoms with Gasteiger partial charge in [0.15, 0.2) is 0 Å². The fraction of sp³-hybridized carbons (Fsp3) is 0.700. The molecule has 2 aromatic rings. The number of nitrogens with zero attached hydrogens (tertiary/aromatic N) is 6. The number of aromatic nitrogens is 6. The fourth-order valence-electron chi connectivity index (χ4n) is 3.80. The van der Waals surface area contributed by atoms with Gasteiger partial charge in [-0.3, -0.25) is 0 Å². The normalized spacial score (nSPS) is 17.9. The minimum absolute atomic E-state index is 0.0468. The summed E-state index contributed by atoms with van der Waals surface area (Å²) >= 11 is 0. The second-order valence-corrected chi connectivity index (χ2v) is 7.84. The highest BCUT2D eigenvalue weighted by Crippen LogP contribution is 2.39. The van der Waals surface area contributed by atoms with E-state index in [9.17, 15) is 0 Å². The number of rotatable bonds is 14. The molecule has 2 aromatic heterocycles. The van der Waals surface area contributed by atoms with Crippen molar-refractivity contribution < 1.29 is 20.4 Å². The van der Waals surface area contributed by atoms with E-state index >= 15 is 0 Å². The van der Waals surface area contributed by atoms with Crippen molar-refractivity contribution in [3.8, 4) is 0 Å². The van der Waals surface area contributed by atoms with Crippen LogP contribution in [0.5, 0.6) is 0 Å². The van der Waals surface area contributed by atoms with Crippen molar-refractivity contribution in [2.24, 2.45) is 0 Å². The van der Waals surface area contributed by atoms with Crippen LogP contribution in [-0.4, -0.2) is 103 Å². The first kappa shape index (κ1) is 25.7. The second-order valence-electron chi connectivity index (χ2n) is 7.84. The molecule has 0 radical (unpaired) electrons. The molecule has 1 saturated carbocycles. The summed E-state index contributed by atoms with van der Waals surface area (Å²) in [6.45, 7) is 1.05. The molecule has 1 aliphatic rings. The van der Waals surface area contributed by atoms with E-state index in [0.29, 0.717) is 61.6 Å². The SMILES string of the molecule is OCCNc1nc(NCCO)nc(C2CCCC(c3nc(NCCO)nc(NCCO)n3)C2)n1. The van der Waals surface area contributed by atoms with Crippen LogP contribution in [0.25, 0.3) is 0 Å². The van der Waals surface area contributed by atoms with Crippen molar-refractivity contribution >= 4 is 23.8 Å². The number of hydrogen-bond donors (Lipinski definition) is 8. The Bertz CT molecular complexity index is 768. The highest BCUT2D eigenvalue weighted by atomic mass is 16.3. The predicted octanol–water partition coefficient (Wildman–Crippen LogP) is -0.885. The topological polar surface area (TPSA) is 206 Å². The molecule has 8 N–H and O–H groups in total. The number of aliphatic hydroxyl groups excluding tert-OH is 4. The molecule has 0 saturated heterocycles. The molecule has 0 amide bonds. The molecule has 0 aromatic carbocycles. The van der Waals surface area contributed by atoms with E-state index in [2.05, 4.69) is 51.2 Å². The molecule has 14 nitrogen and oxygen atoms in total. The second kappa shape index (κ2) is 13.7. The average Bonchev–Trinajstić information content (AvgIpc) is 2.88. The summed E-state index contributed by atoms with van der Waals surface area (Å²) in [6.07, 6.45) is 3.46. The number of anilines is 4. The van der Waals surface area contributed by atoms with E-state index < -0.39 is 0 Å². The summed E-state index contributed by atoms with van der Waals surface area (Å²) in [5.74, 6) is 2.83. The van der Waals surface area contributed by atoms with Crippen LogP contribution in [0.4, 0.5) is 23.8 Å². The summed E-state index contributed by atoms with van der Waals surface area (Å²) < 4.78 is 0. The summed E-state index contributed by atoms with van der Waals surface area (Å²) in [5, 5.41) is 48.5. The van der Waals surface area contributed by atoms with E-state index in [4.69, 9.17) is 20.4 Å². The highest BCUT2D eigenvalue weighted by Gasteiger charge is 2.29. The van der Waals surface area contributed by atoms with Crippen LogP contribution >= 0.6 is 0 Å². The Labute approximate surface area is 197 Å². The van der Waals surface area contributed by atoms with Gasteiger partial charge in [-0.15, -0.1) is 0 Å². The molecular weight excluding hydrogens is 444 g/mol. The molecule has 34 heavy (non-hydrogen) atoms. The lowest BCUT2D eigenvalue weighted by Gasteiger charge is -2.28. The van der Waals surface area contributed by atoms with Crippen LogP contribution in [0.3, 0.4) is 0 Å². The van der Waals surface area contributed by atoms with Gasteiger partial charge in [-0.1, -0.05) is 6.42 Å². The van der Waals surface area contributed by atoms with Crippen LogP contribution in [-0.2, 0) is 0 Å². The number of aliphatic hydroxyl groups is 4. The zero-order valence-corrected chi connectivity index (χ0v) is 19.1. The minimum Gasteiger partial charge on any atom is -0.395 e. The van der Waals surface area contributed by atoms with Gasteiger partial charge in [0.25, 0.3) is 0 Å². The summed E-state index contributed by atoms with van der Waals surface area (Å²) in [6, 6.07) is 0. The van der Waals surface area contributed by atoms with Crippen molar-refractivity contribution in [2.75, 3.05) is 73.9 Å². The largest absolute Gasteiger partial charge is 0.395 e. The Morgan fingerprint density at radius 1 is 0.529 bits per heavy atom. The summed E-state index contributed by atoms with van der Waals surface area (Å²) in [5.41, 5.74) is 0. The van der Waals surface area contributed by atoms with E-state index in [1.807, 2.05) is 0 Å². The fourth-order valence-corrected chi connectivity index (χ4v) is 3.80. The van der Waals surface area contributed by atoms with Crippen molar-refractivity contribution in [1.82, 2.24) is 29.9 Å². The number of hydrogen-bond acceptors (Lipinski definition) is 14. The van der Waals surface area contributed by atoms with Crippen molar-refractivity contribution in [1.29, 1.82) is 0 Å². The van der Waals surface area contributed by atoms with E-state index in [1.54, 1.807) is 0 Å². The summed E-state index contributed by atoms with van der Waals surface area (Å²) in [4.78, 5) is 26.9. The Morgan fingerprint density at radius 3 is 1.15 bits per heavy atom. The van der Waals surface area contributed by atoms with Gasteiger partial charge < -0.3 is 41.7 Å². The third-order valence-electron chi connectivity index (χ3n) is 5.29. The Balaban J connectivity index is 1.82. The molecule has 14 heteroatoms. The first-order valence-electron chi connectivity index (χ1n) is 11.6. The third-order valence-corrected chi connectivity index (χ3v) is 5.29. The van der Waals surface area contributed by atoms with Crippen molar-refractivity contribution in [3.63, 3.8) is 0 Å². The van der Waals surface area contributed by atoms with Crippen LogP contribution < -0.4 is 21.3 Å². The smallest absolute Gasteiger partial charge is 0.227 e. The standard InChI is InChI=1S/C20H34N10O4/c31-8-4-21-17-25-15(26-18(29-17)22-5-9-32)13-2-1-3-14(12-13)16-27-19(23-6-10-33)30-20(28-16)24-7-11-34/h13-14,31-34H,1-12H2,(H2,21,22,25,26,29)(H2,23,24,27,28,30). The van der Waals surface area contributed by atoms with Crippen molar-refractivity contribution in [2.45, 2.75) is 37.5 Å². The Hall–Kier alpha value is -2.94. The lowest BCUT2D eigenvalue weighted by molar-refractivity contribution is 0.310. The van der Waals surface area contributed by atoms with Crippen LogP contribution in [0.15, 0.2) is 0 Å². The van der Waals surface area contributed by atoms with Gasteiger partial charge in [0.1, 0.15) is 11.6 Å². The van der Waals surface area contributed by atoms with Gasteiger partial charge in [0.2, 0.25) is 23.8 Å². The lowest BCUT2D eigenvalue weighted by Crippen LogP contribution is -2.21. The molecule has 2 unspecified atom stereocenters. The van der Waals surface area contributed by atoms with Gasteiger partial charge in [-0.05, 0) is 19.3 Å². The first-order chi connectivity index (χ1) is 16.7. The van der Waals surface area contributed by atoms with Crippen LogP contribution in [0, 0.1) is 0 Å². The number of nitrogens with one attached hydrogen (secondary N) is 4. The zero-order valence-electron chi connectivity index (χ0n) is 19.1. The van der Waals surface area contributed by atoms with Gasteiger partial charge >= 0.3 is 0 Å². The van der Waals surface area contributed by atoms with E-state index in [-0.39, 0.29) is 38.3 Å². The third kappa shape index (κ3) is 7.55. The molecule has 1 fully saturated rings. The zero-order chi connectivity index (χ0) is 24.2. The molecule has 2 atom stereocenters. The molecule has 188 valence electrons. The molecule has 3 rings (SSSR count). The molecule has 0 aliphatic heterocycles. The van der Waals surface area contributed by atoms with Gasteiger partial charge in [0, 0.05) is 38.0 Å². The highest BCUT2D eigenvalue weighted by molar-refractivity contribution is 5.37. The maximum atomic E-state index is 9.13. The Morgan fingerprint density at radius 2 is 0.853 bits per heavy atom. The molecule has 0 bridgehead atoms. The average molecular weight is 479 g/mol. The predicted molar refractivity (Wildman–Crippen MR) is 126 cm³/mol. The van der Waals surface area contributed by atoms with E-state index in [1.165, 1.54) is 0 Å². The lowest BCUT2D eigenvalue weighted by atomic mass is 9.80. The minimum atomic E-state index is -0.0510. The maximum absolute atomic E-state index is 9.13. The monoisotopic (exact) mass is 478 g/mol. The maximum Gasteiger partial charge on any atom is 0.227 e. The quantitative estimate of drug-likeness (QED) is 0.166. The van der Waals surface area contributed by atoms with Crippen LogP contribution in [0.2, 0.25) is 0 Å². The van der Waals surface area contributed by atoms with E-state index in [0.717, 1.165) is 25.7 Å². The molecule has 1 aliphatic carbocycles. The van der Waals surface area contributed by atoms with Gasteiger partial charge in [0.05, 0.1) is 26.4 Å². The first-order valence-corrected chi connectivity index (χ1v) is 11.6. The van der Waals surface area contributed by atoms with Crippen LogP contribution in [0.1, 0.15) is 49.2 Å². The molecular formula is C20H34N10O4. The van der Waals surface area contributed by atoms with Gasteiger partial charge in [-0.2, -0.15) is 29.9 Å². The Kier molecular flexibility index (Phi) is 10.3.